The van der Waals surface area contributed by atoms with E-state index in [0.29, 0.717) is 30.3 Å². The summed E-state index contributed by atoms with van der Waals surface area (Å²) in [6.45, 7) is 1.91. The predicted molar refractivity (Wildman–Crippen MR) is 90.0 cm³/mol. The van der Waals surface area contributed by atoms with Crippen molar-refractivity contribution >= 4 is 34.0 Å². The monoisotopic (exact) mass is 418 g/mol. The van der Waals surface area contributed by atoms with Crippen LogP contribution in [-0.4, -0.2) is 32.6 Å². The summed E-state index contributed by atoms with van der Waals surface area (Å²) in [6, 6.07) is 2.92. The number of hydrogen-bond acceptors (Lipinski definition) is 6. The fraction of sp³-hybridized carbons (Fsp3) is 0.333. The van der Waals surface area contributed by atoms with Crippen molar-refractivity contribution in [1.82, 2.24) is 24.8 Å². The number of rotatable bonds is 1. The summed E-state index contributed by atoms with van der Waals surface area (Å²) in [6.07, 6.45) is 3.05. The first-order valence-corrected chi connectivity index (χ1v) is 6.10. The van der Waals surface area contributed by atoms with Crippen molar-refractivity contribution in [2.24, 2.45) is 5.73 Å². The number of nitrogens with zero attached hydrogens (tertiary/aromatic N) is 4. The van der Waals surface area contributed by atoms with E-state index in [1.54, 1.807) is 16.8 Å². The van der Waals surface area contributed by atoms with Crippen LogP contribution in [0.2, 0.25) is 0 Å². The normalized spacial score (nSPS) is 16.9. The topological polar surface area (TPSA) is 98.7 Å². The molecule has 114 valence electrons. The van der Waals surface area contributed by atoms with Gasteiger partial charge in [0.2, 0.25) is 0 Å². The van der Waals surface area contributed by atoms with E-state index in [4.69, 9.17) is 5.73 Å². The quantitative estimate of drug-likeness (QED) is 0.696. The molecule has 0 bridgehead atoms. The minimum Gasteiger partial charge on any atom is -0.320 e. The van der Waals surface area contributed by atoms with E-state index in [2.05, 4.69) is 20.3 Å². The Morgan fingerprint density at radius 3 is 2.86 bits per heavy atom. The highest BCUT2D eigenvalue weighted by Gasteiger charge is 2.19. The first kappa shape index (κ1) is 17.9. The number of halogens is 2. The van der Waals surface area contributed by atoms with Crippen molar-refractivity contribution in [3.63, 3.8) is 0 Å². The number of aromatic nitrogens is 4. The first-order valence-electron chi connectivity index (χ1n) is 6.10. The van der Waals surface area contributed by atoms with Gasteiger partial charge >= 0.3 is 0 Å². The van der Waals surface area contributed by atoms with Gasteiger partial charge in [0.25, 0.3) is 5.56 Å². The number of hydrogen-bond donors (Lipinski definition) is 2. The van der Waals surface area contributed by atoms with Crippen LogP contribution in [0.1, 0.15) is 11.9 Å². The van der Waals surface area contributed by atoms with Crippen molar-refractivity contribution in [2.45, 2.75) is 12.6 Å². The van der Waals surface area contributed by atoms with Gasteiger partial charge in [-0.3, -0.25) is 9.36 Å². The van der Waals surface area contributed by atoms with Crippen LogP contribution in [0, 0.1) is 0 Å². The molecule has 0 radical (unpaired) electrons. The predicted octanol–water partition coefficient (Wildman–Crippen LogP) is 0.459. The fourth-order valence-electron chi connectivity index (χ4n) is 2.14. The van der Waals surface area contributed by atoms with Gasteiger partial charge in [0.05, 0.1) is 17.4 Å². The molecule has 3 N–H and O–H groups in total. The van der Waals surface area contributed by atoms with Gasteiger partial charge in [-0.15, -0.1) is 34.0 Å². The Labute approximate surface area is 142 Å². The van der Waals surface area contributed by atoms with Crippen LogP contribution in [-0.2, 0) is 6.54 Å². The molecule has 1 atom stereocenters. The van der Waals surface area contributed by atoms with E-state index in [1.165, 1.54) is 12.4 Å². The summed E-state index contributed by atoms with van der Waals surface area (Å²) in [5, 5.41) is 3.18. The standard InChI is InChI=1S/C12H14N6O.2BrH/c13-8-6-14-3-4-18-11(19)5-10(17-12(8)18)9-1-2-15-7-16-9;;/h1-2,5,7-8,14H,3-4,6,13H2;2*1H. The molecule has 0 aromatic carbocycles. The molecule has 0 fully saturated rings. The maximum atomic E-state index is 12.2. The van der Waals surface area contributed by atoms with E-state index in [-0.39, 0.29) is 45.6 Å². The molecule has 0 saturated heterocycles. The lowest BCUT2D eigenvalue weighted by molar-refractivity contribution is 0.615. The zero-order valence-corrected chi connectivity index (χ0v) is 14.5. The van der Waals surface area contributed by atoms with Crippen molar-refractivity contribution in [3.05, 3.63) is 40.8 Å². The van der Waals surface area contributed by atoms with Gasteiger partial charge in [0, 0.05) is 31.9 Å². The van der Waals surface area contributed by atoms with E-state index < -0.39 is 0 Å². The van der Waals surface area contributed by atoms with Crippen LogP contribution in [0.15, 0.2) is 29.5 Å². The Morgan fingerprint density at radius 2 is 2.14 bits per heavy atom. The Bertz CT molecular complexity index is 648. The minimum atomic E-state index is -0.294. The minimum absolute atomic E-state index is 0. The van der Waals surface area contributed by atoms with Crippen molar-refractivity contribution < 1.29 is 0 Å². The second-order valence-electron chi connectivity index (χ2n) is 4.39. The summed E-state index contributed by atoms with van der Waals surface area (Å²) in [7, 11) is 0. The van der Waals surface area contributed by atoms with E-state index >= 15 is 0 Å². The molecular formula is C12H16Br2N6O. The maximum Gasteiger partial charge on any atom is 0.254 e. The summed E-state index contributed by atoms with van der Waals surface area (Å²) in [5.41, 5.74) is 7.11. The zero-order valence-electron chi connectivity index (χ0n) is 11.1. The number of nitrogens with two attached hydrogens (primary N) is 1. The molecule has 3 heterocycles. The Hall–Kier alpha value is -1.16. The summed E-state index contributed by atoms with van der Waals surface area (Å²) < 4.78 is 1.62. The third-order valence-corrected chi connectivity index (χ3v) is 3.09. The third kappa shape index (κ3) is 3.73. The fourth-order valence-corrected chi connectivity index (χ4v) is 2.14. The number of nitrogens with one attached hydrogen (secondary N) is 1. The molecule has 1 unspecified atom stereocenters. The molecule has 0 aliphatic carbocycles. The Kier molecular flexibility index (Phi) is 6.59. The molecule has 9 heteroatoms. The van der Waals surface area contributed by atoms with Crippen LogP contribution in [0.3, 0.4) is 0 Å². The van der Waals surface area contributed by atoms with Crippen LogP contribution < -0.4 is 16.6 Å². The maximum absolute atomic E-state index is 12.2. The van der Waals surface area contributed by atoms with Crippen molar-refractivity contribution in [2.75, 3.05) is 13.1 Å². The molecular weight excluding hydrogens is 404 g/mol. The Morgan fingerprint density at radius 1 is 1.33 bits per heavy atom. The third-order valence-electron chi connectivity index (χ3n) is 3.09. The average Bonchev–Trinajstić information content (AvgIpc) is 2.63. The molecule has 0 saturated carbocycles. The van der Waals surface area contributed by atoms with Crippen LogP contribution in [0.5, 0.6) is 0 Å². The second kappa shape index (κ2) is 7.74. The van der Waals surface area contributed by atoms with Crippen LogP contribution in [0.25, 0.3) is 11.4 Å². The highest BCUT2D eigenvalue weighted by atomic mass is 79.9. The van der Waals surface area contributed by atoms with Crippen molar-refractivity contribution in [1.29, 1.82) is 0 Å². The lowest BCUT2D eigenvalue weighted by atomic mass is 10.2. The van der Waals surface area contributed by atoms with E-state index in [9.17, 15) is 4.79 Å². The van der Waals surface area contributed by atoms with Crippen molar-refractivity contribution in [3.8, 4) is 11.4 Å². The van der Waals surface area contributed by atoms with Gasteiger partial charge in [0.1, 0.15) is 12.2 Å². The SMILES string of the molecule is Br.Br.NC1CNCCn2c1nc(-c1ccncn1)cc2=O. The summed E-state index contributed by atoms with van der Waals surface area (Å²) in [5.74, 6) is 0.603. The average molecular weight is 420 g/mol. The van der Waals surface area contributed by atoms with Crippen LogP contribution in [0.4, 0.5) is 0 Å². The summed E-state index contributed by atoms with van der Waals surface area (Å²) in [4.78, 5) is 24.6. The van der Waals surface area contributed by atoms with Gasteiger partial charge in [-0.25, -0.2) is 15.0 Å². The molecule has 2 aromatic rings. The molecule has 0 spiro atoms. The largest absolute Gasteiger partial charge is 0.320 e. The molecule has 1 aliphatic heterocycles. The lowest BCUT2D eigenvalue weighted by Gasteiger charge is -2.13. The number of fused-ring (bicyclic) bond motifs is 1. The first-order chi connectivity index (χ1) is 9.25. The molecule has 3 rings (SSSR count). The summed E-state index contributed by atoms with van der Waals surface area (Å²) >= 11 is 0. The highest BCUT2D eigenvalue weighted by molar-refractivity contribution is 8.93. The van der Waals surface area contributed by atoms with Gasteiger partial charge in [-0.2, -0.15) is 0 Å². The smallest absolute Gasteiger partial charge is 0.254 e. The lowest BCUT2D eigenvalue weighted by Crippen LogP contribution is -2.29. The van der Waals surface area contributed by atoms with Gasteiger partial charge in [-0.05, 0) is 6.07 Å². The molecule has 21 heavy (non-hydrogen) atoms. The molecule has 2 aromatic heterocycles. The molecule has 7 nitrogen and oxygen atoms in total. The van der Waals surface area contributed by atoms with E-state index in [1.807, 2.05) is 0 Å². The molecule has 0 amide bonds. The van der Waals surface area contributed by atoms with Gasteiger partial charge < -0.3 is 11.1 Å². The van der Waals surface area contributed by atoms with Gasteiger partial charge in [-0.1, -0.05) is 0 Å². The molecule has 1 aliphatic rings. The van der Waals surface area contributed by atoms with E-state index in [0.717, 1.165) is 6.54 Å². The highest BCUT2D eigenvalue weighted by Crippen LogP contribution is 2.15. The zero-order chi connectivity index (χ0) is 13.2. The second-order valence-corrected chi connectivity index (χ2v) is 4.39. The Balaban J connectivity index is 0.00000110. The van der Waals surface area contributed by atoms with Gasteiger partial charge in [0.15, 0.2) is 0 Å². The van der Waals surface area contributed by atoms with Crippen LogP contribution >= 0.6 is 34.0 Å².